The molecule has 0 radical (unpaired) electrons. The molecule has 0 bridgehead atoms. The van der Waals surface area contributed by atoms with Crippen LogP contribution in [0.2, 0.25) is 0 Å². The third kappa shape index (κ3) is 5.22. The van der Waals surface area contributed by atoms with Gasteiger partial charge in [0.2, 0.25) is 22.7 Å². The van der Waals surface area contributed by atoms with Crippen LogP contribution >= 0.6 is 0 Å². The smallest absolute Gasteiger partial charge is 0.290 e. The Kier molecular flexibility index (Phi) is 7.33. The molecule has 3 aromatic carbocycles. The van der Waals surface area contributed by atoms with Gasteiger partial charge in [-0.3, -0.25) is 9.59 Å². The lowest BCUT2D eigenvalue weighted by Gasteiger charge is -2.18. The first-order valence-electron chi connectivity index (χ1n) is 12.8. The number of ether oxygens (including phenoxy) is 2. The monoisotopic (exact) mass is 550 g/mol. The molecule has 0 atom stereocenters. The fourth-order valence-electron chi connectivity index (χ4n) is 5.11. The first kappa shape index (κ1) is 26.7. The molecule has 1 saturated carbocycles. The van der Waals surface area contributed by atoms with Gasteiger partial charge in [-0.1, -0.05) is 24.3 Å². The molecule has 204 valence electrons. The number of hydrogen-bond donors (Lipinski definition) is 2. The molecule has 2 aliphatic heterocycles. The third-order valence-electron chi connectivity index (χ3n) is 7.47. The van der Waals surface area contributed by atoms with Crippen LogP contribution in [0.5, 0.6) is 11.5 Å². The average molecular weight is 551 g/mol. The van der Waals surface area contributed by atoms with Crippen LogP contribution in [0.25, 0.3) is 11.1 Å². The second-order valence-electron chi connectivity index (χ2n) is 9.87. The number of anilines is 1. The Morgan fingerprint density at radius 2 is 1.64 bits per heavy atom. The van der Waals surface area contributed by atoms with Crippen LogP contribution in [-0.4, -0.2) is 50.1 Å². The number of nitrogens with one attached hydrogen (secondary N) is 1. The highest BCUT2D eigenvalue weighted by Gasteiger charge is 2.51. The summed E-state index contributed by atoms with van der Waals surface area (Å²) in [5.41, 5.74) is 3.98. The Morgan fingerprint density at radius 1 is 0.974 bits per heavy atom. The Bertz CT molecular complexity index is 1490. The molecule has 2 heterocycles. The van der Waals surface area contributed by atoms with E-state index in [1.807, 2.05) is 55.5 Å². The lowest BCUT2D eigenvalue weighted by molar-refractivity contribution is -0.123. The summed E-state index contributed by atoms with van der Waals surface area (Å²) in [5.74, 6) is 1.35. The summed E-state index contributed by atoms with van der Waals surface area (Å²) in [4.78, 5) is 22.0. The molecule has 39 heavy (non-hydrogen) atoms. The fraction of sp³-hybridized carbons (Fsp3) is 0.310. The molecule has 2 fully saturated rings. The summed E-state index contributed by atoms with van der Waals surface area (Å²) in [7, 11) is -3.45. The highest BCUT2D eigenvalue weighted by molar-refractivity contribution is 7.89. The number of nitrogens with zero attached hydrogens (tertiary/aromatic N) is 1. The number of carboxylic acid groups (broad SMARTS) is 1. The molecule has 2 N–H and O–H groups in total. The lowest BCUT2D eigenvalue weighted by Crippen LogP contribution is -2.27. The van der Waals surface area contributed by atoms with Crippen molar-refractivity contribution in [3.8, 4) is 22.6 Å². The van der Waals surface area contributed by atoms with Crippen molar-refractivity contribution in [1.29, 1.82) is 0 Å². The molecule has 0 aromatic heterocycles. The second-order valence-corrected chi connectivity index (χ2v) is 11.8. The average Bonchev–Trinajstić information content (AvgIpc) is 3.32. The van der Waals surface area contributed by atoms with Gasteiger partial charge in [0.25, 0.3) is 6.47 Å². The van der Waals surface area contributed by atoms with Crippen molar-refractivity contribution in [2.75, 3.05) is 25.2 Å². The van der Waals surface area contributed by atoms with Gasteiger partial charge in [0, 0.05) is 18.8 Å². The Balaban J connectivity index is 0.000000983. The van der Waals surface area contributed by atoms with Crippen LogP contribution in [0.1, 0.15) is 36.8 Å². The topological polar surface area (TPSA) is 122 Å². The van der Waals surface area contributed by atoms with Gasteiger partial charge in [0.1, 0.15) is 0 Å². The molecule has 6 rings (SSSR count). The van der Waals surface area contributed by atoms with E-state index in [-0.39, 0.29) is 19.2 Å². The molecule has 1 amide bonds. The van der Waals surface area contributed by atoms with E-state index in [1.165, 1.54) is 0 Å². The Morgan fingerprint density at radius 3 is 2.31 bits per heavy atom. The van der Waals surface area contributed by atoms with E-state index >= 15 is 0 Å². The van der Waals surface area contributed by atoms with Crippen LogP contribution < -0.4 is 14.8 Å². The van der Waals surface area contributed by atoms with Crippen molar-refractivity contribution in [2.45, 2.75) is 42.9 Å². The van der Waals surface area contributed by atoms with Gasteiger partial charge >= 0.3 is 0 Å². The van der Waals surface area contributed by atoms with Crippen LogP contribution in [0, 0.1) is 6.92 Å². The molecule has 9 nitrogen and oxygen atoms in total. The molecule has 0 unspecified atom stereocenters. The number of carbonyl (C=O) groups excluding carboxylic acids is 1. The molecular weight excluding hydrogens is 520 g/mol. The van der Waals surface area contributed by atoms with E-state index in [0.717, 1.165) is 47.9 Å². The molecule has 1 aliphatic carbocycles. The Hall–Kier alpha value is -3.89. The van der Waals surface area contributed by atoms with Crippen LogP contribution in [0.3, 0.4) is 0 Å². The van der Waals surface area contributed by atoms with Crippen LogP contribution in [0.4, 0.5) is 5.69 Å². The molecule has 10 heteroatoms. The summed E-state index contributed by atoms with van der Waals surface area (Å²) < 4.78 is 38.2. The fourth-order valence-corrected chi connectivity index (χ4v) is 6.63. The maximum absolute atomic E-state index is 13.4. The van der Waals surface area contributed by atoms with Gasteiger partial charge in [-0.15, -0.1) is 0 Å². The number of carbonyl (C=O) groups is 2. The van der Waals surface area contributed by atoms with E-state index in [4.69, 9.17) is 19.4 Å². The van der Waals surface area contributed by atoms with Crippen LogP contribution in [-0.2, 0) is 25.0 Å². The maximum Gasteiger partial charge on any atom is 0.290 e. The third-order valence-corrected chi connectivity index (χ3v) is 9.39. The van der Waals surface area contributed by atoms with Crippen molar-refractivity contribution in [2.24, 2.45) is 0 Å². The van der Waals surface area contributed by atoms with Crippen molar-refractivity contribution in [1.82, 2.24) is 4.31 Å². The predicted octanol–water partition coefficient (Wildman–Crippen LogP) is 4.55. The molecular formula is C29H30N2O7S. The molecule has 0 spiro atoms. The Labute approximate surface area is 227 Å². The normalized spacial score (nSPS) is 17.2. The van der Waals surface area contributed by atoms with Crippen molar-refractivity contribution in [3.05, 3.63) is 71.8 Å². The predicted molar refractivity (Wildman–Crippen MR) is 145 cm³/mol. The minimum Gasteiger partial charge on any atom is -0.483 e. The van der Waals surface area contributed by atoms with E-state index in [9.17, 15) is 13.2 Å². The second kappa shape index (κ2) is 10.7. The summed E-state index contributed by atoms with van der Waals surface area (Å²) in [6.07, 6.45) is 3.38. The van der Waals surface area contributed by atoms with Gasteiger partial charge in [-0.05, 0) is 91.3 Å². The van der Waals surface area contributed by atoms with E-state index in [2.05, 4.69) is 5.32 Å². The summed E-state index contributed by atoms with van der Waals surface area (Å²) in [6.45, 7) is 3.12. The van der Waals surface area contributed by atoms with E-state index in [1.54, 1.807) is 16.4 Å². The number of hydrogen-bond acceptors (Lipinski definition) is 6. The molecule has 3 aliphatic rings. The first-order valence-corrected chi connectivity index (χ1v) is 14.2. The zero-order chi connectivity index (χ0) is 27.6. The van der Waals surface area contributed by atoms with Gasteiger partial charge in [-0.2, -0.15) is 4.31 Å². The van der Waals surface area contributed by atoms with Crippen molar-refractivity contribution < 1.29 is 32.6 Å². The molecule has 3 aromatic rings. The van der Waals surface area contributed by atoms with Gasteiger partial charge in [-0.25, -0.2) is 8.42 Å². The van der Waals surface area contributed by atoms with E-state index < -0.39 is 15.4 Å². The quantitative estimate of drug-likeness (QED) is 0.432. The number of amides is 1. The van der Waals surface area contributed by atoms with Gasteiger partial charge in [0.15, 0.2) is 11.5 Å². The molecule has 1 saturated heterocycles. The van der Waals surface area contributed by atoms with Crippen molar-refractivity contribution in [3.63, 3.8) is 0 Å². The zero-order valence-electron chi connectivity index (χ0n) is 21.6. The number of sulfonamides is 1. The highest BCUT2D eigenvalue weighted by atomic mass is 32.2. The van der Waals surface area contributed by atoms with E-state index in [0.29, 0.717) is 35.2 Å². The number of fused-ring (bicyclic) bond motifs is 1. The van der Waals surface area contributed by atoms with Gasteiger partial charge < -0.3 is 19.9 Å². The van der Waals surface area contributed by atoms with Crippen molar-refractivity contribution >= 4 is 28.1 Å². The van der Waals surface area contributed by atoms with Crippen LogP contribution in [0.15, 0.2) is 65.6 Å². The lowest BCUT2D eigenvalue weighted by atomic mass is 9.94. The van der Waals surface area contributed by atoms with Gasteiger partial charge in [0.05, 0.1) is 10.3 Å². The minimum atomic E-state index is -3.45. The first-order chi connectivity index (χ1) is 18.8. The summed E-state index contributed by atoms with van der Waals surface area (Å²) >= 11 is 0. The highest BCUT2D eigenvalue weighted by Crippen LogP contribution is 2.51. The number of benzene rings is 3. The largest absolute Gasteiger partial charge is 0.483 e. The summed E-state index contributed by atoms with van der Waals surface area (Å²) in [6, 6.07) is 18.6. The number of aryl methyl sites for hydroxylation is 1. The number of rotatable bonds is 6. The maximum atomic E-state index is 13.4. The summed E-state index contributed by atoms with van der Waals surface area (Å²) in [5, 5.41) is 10.00. The SMILES string of the molecule is Cc1ccc(NC(=O)C2(c3ccc4c(c3)OCO4)CC2)cc1-c1ccc(S(=O)(=O)N2CCCC2)cc1.O=CO. The standard InChI is InChI=1S/C28H28N2O5S.CH2O2/c1-19-4-8-22(29-27(31)28(12-13-28)21-7-11-25-26(16-21)35-18-34-25)17-24(19)20-5-9-23(10-6-20)36(32,33)30-14-2-3-15-30;2-1-3/h4-11,16-17H,2-3,12-15,18H2,1H3,(H,29,31);1H,(H,2,3). The minimum absolute atomic E-state index is 0.0387. The zero-order valence-corrected chi connectivity index (χ0v) is 22.4.